The highest BCUT2D eigenvalue weighted by Gasteiger charge is 2.23. The lowest BCUT2D eigenvalue weighted by Crippen LogP contribution is -2.45. The molecule has 0 heterocycles. The predicted molar refractivity (Wildman–Crippen MR) is 325 cm³/mol. The molecule has 0 aliphatic rings. The Labute approximate surface area is 463 Å². The molecule has 0 spiro atoms. The first-order chi connectivity index (χ1) is 36.5. The fourth-order valence-corrected chi connectivity index (χ4v) is 9.17. The SMILES string of the molecule is CC/C=C\C/C=C\C/C=C\C/C=C\C/C=C\C/C=C\C/C=C\CCCCCCCCCCCC(=O)NC(COP(=O)([O-])OCC[N+](C)(C)C)C(O)/C=C/CC/C=C/CCCCCCCCCCCCCCCCCC. The second-order valence-corrected chi connectivity index (χ2v) is 23.1. The maximum absolute atomic E-state index is 13.0. The minimum atomic E-state index is -4.62. The molecule has 3 unspecified atom stereocenters. The number of aliphatic hydroxyl groups is 1. The highest BCUT2D eigenvalue weighted by Crippen LogP contribution is 2.38. The molecule has 2 N–H and O–H groups in total. The summed E-state index contributed by atoms with van der Waals surface area (Å²) in [6.45, 7) is 4.52. The standard InChI is InChI=1S/C66H117N2O6P/c1-6-8-10-12-14-16-18-20-22-24-26-28-30-31-32-33-34-35-36-37-38-40-42-44-46-48-50-52-54-56-58-60-66(70)67-64(63-74-75(71,72)73-62-61-68(3,4)5)65(69)59-57-55-53-51-49-47-45-43-41-39-29-27-25-23-21-19-17-15-13-11-9-7-2/h8,10,14,16,20,22,26,28,31-32,34-35,37-38,49,51,57,59,64-65,69H,6-7,9,11-13,15,17-19,21,23-25,27,29-30,33,36,39-48,50,52-56,58,60-63H2,1-5H3,(H-,67,70,71,72)/b10-8-,16-14-,22-20-,28-26-,32-31-,35-34-,38-37-,51-49+,59-57+. The molecule has 0 aliphatic carbocycles. The number of rotatable bonds is 55. The summed E-state index contributed by atoms with van der Waals surface area (Å²) in [5, 5.41) is 13.9. The van der Waals surface area contributed by atoms with E-state index in [-0.39, 0.29) is 12.5 Å². The molecule has 0 rings (SSSR count). The van der Waals surface area contributed by atoms with Gasteiger partial charge in [0.05, 0.1) is 39.9 Å². The maximum atomic E-state index is 13.0. The third-order valence-electron chi connectivity index (χ3n) is 13.2. The monoisotopic (exact) mass is 1060 g/mol. The Hall–Kier alpha value is -2.84. The first-order valence-corrected chi connectivity index (χ1v) is 32.2. The van der Waals surface area contributed by atoms with Crippen molar-refractivity contribution in [3.63, 3.8) is 0 Å². The molecular formula is C66H117N2O6P. The Morgan fingerprint density at radius 3 is 1.24 bits per heavy atom. The number of nitrogens with one attached hydrogen (secondary N) is 1. The molecule has 432 valence electrons. The van der Waals surface area contributed by atoms with Gasteiger partial charge >= 0.3 is 0 Å². The Kier molecular flexibility index (Phi) is 53.8. The van der Waals surface area contributed by atoms with Gasteiger partial charge in [0.1, 0.15) is 13.2 Å². The number of unbranched alkanes of at least 4 members (excludes halogenated alkanes) is 26. The Bertz CT molecular complexity index is 1590. The summed E-state index contributed by atoms with van der Waals surface area (Å²) < 4.78 is 23.4. The number of carbonyl (C=O) groups is 1. The van der Waals surface area contributed by atoms with Gasteiger partial charge in [-0.05, 0) is 89.9 Å². The van der Waals surface area contributed by atoms with Gasteiger partial charge in [0.15, 0.2) is 0 Å². The molecule has 3 atom stereocenters. The molecule has 0 fully saturated rings. The second kappa shape index (κ2) is 55.9. The molecule has 9 heteroatoms. The van der Waals surface area contributed by atoms with Crippen molar-refractivity contribution in [2.75, 3.05) is 40.9 Å². The van der Waals surface area contributed by atoms with Crippen LogP contribution in [0.3, 0.4) is 0 Å². The number of carbonyl (C=O) groups excluding carboxylic acids is 1. The van der Waals surface area contributed by atoms with Crippen LogP contribution in [0.25, 0.3) is 0 Å². The number of aliphatic hydroxyl groups excluding tert-OH is 1. The van der Waals surface area contributed by atoms with Gasteiger partial charge in [-0.3, -0.25) is 9.36 Å². The van der Waals surface area contributed by atoms with E-state index in [1.807, 2.05) is 27.2 Å². The molecule has 75 heavy (non-hydrogen) atoms. The van der Waals surface area contributed by atoms with Gasteiger partial charge in [-0.2, -0.15) is 0 Å². The van der Waals surface area contributed by atoms with Crippen molar-refractivity contribution in [2.24, 2.45) is 0 Å². The van der Waals surface area contributed by atoms with Crippen molar-refractivity contribution >= 4 is 13.7 Å². The van der Waals surface area contributed by atoms with E-state index < -0.39 is 26.6 Å². The van der Waals surface area contributed by atoms with E-state index >= 15 is 0 Å². The van der Waals surface area contributed by atoms with E-state index in [0.29, 0.717) is 17.4 Å². The third kappa shape index (κ3) is 58.7. The van der Waals surface area contributed by atoms with Crippen molar-refractivity contribution in [3.8, 4) is 0 Å². The van der Waals surface area contributed by atoms with Crippen LogP contribution in [-0.4, -0.2) is 68.5 Å². The molecule has 0 aliphatic heterocycles. The molecular weight excluding hydrogens is 948 g/mol. The highest BCUT2D eigenvalue weighted by atomic mass is 31.2. The van der Waals surface area contributed by atoms with Crippen LogP contribution in [0.4, 0.5) is 0 Å². The van der Waals surface area contributed by atoms with E-state index in [1.54, 1.807) is 6.08 Å². The van der Waals surface area contributed by atoms with Crippen molar-refractivity contribution in [1.82, 2.24) is 5.32 Å². The molecule has 0 radical (unpaired) electrons. The van der Waals surface area contributed by atoms with E-state index in [9.17, 15) is 19.4 Å². The lowest BCUT2D eigenvalue weighted by Gasteiger charge is -2.29. The average molecular weight is 1070 g/mol. The lowest BCUT2D eigenvalue weighted by molar-refractivity contribution is -0.870. The quantitative estimate of drug-likeness (QED) is 0.0272. The third-order valence-corrected chi connectivity index (χ3v) is 14.2. The topological polar surface area (TPSA) is 108 Å². The van der Waals surface area contributed by atoms with Crippen LogP contribution < -0.4 is 10.2 Å². The number of allylic oxidation sites excluding steroid dienone is 17. The maximum Gasteiger partial charge on any atom is 0.268 e. The summed E-state index contributed by atoms with van der Waals surface area (Å²) in [5.41, 5.74) is 0. The van der Waals surface area contributed by atoms with Crippen molar-refractivity contribution < 1.29 is 32.9 Å². The Balaban J connectivity index is 4.25. The van der Waals surface area contributed by atoms with E-state index in [0.717, 1.165) is 96.3 Å². The summed E-state index contributed by atoms with van der Waals surface area (Å²) in [6.07, 6.45) is 81.7. The molecule has 0 aromatic carbocycles. The number of nitrogens with zero attached hydrogens (tertiary/aromatic N) is 1. The molecule has 1 amide bonds. The van der Waals surface area contributed by atoms with Gasteiger partial charge in [-0.15, -0.1) is 0 Å². The molecule has 0 aromatic rings. The molecule has 0 bridgehead atoms. The van der Waals surface area contributed by atoms with E-state index in [4.69, 9.17) is 9.05 Å². The van der Waals surface area contributed by atoms with Gasteiger partial charge in [-0.25, -0.2) is 0 Å². The van der Waals surface area contributed by atoms with Crippen LogP contribution in [0.15, 0.2) is 109 Å². The summed E-state index contributed by atoms with van der Waals surface area (Å²) in [5.74, 6) is -0.217. The van der Waals surface area contributed by atoms with Crippen LogP contribution in [-0.2, 0) is 18.4 Å². The summed E-state index contributed by atoms with van der Waals surface area (Å²) in [4.78, 5) is 25.5. The number of hydrogen-bond acceptors (Lipinski definition) is 6. The van der Waals surface area contributed by atoms with Crippen molar-refractivity contribution in [1.29, 1.82) is 0 Å². The van der Waals surface area contributed by atoms with Crippen LogP contribution in [0, 0.1) is 0 Å². The fraction of sp³-hybridized carbons (Fsp3) is 0.712. The number of hydrogen-bond donors (Lipinski definition) is 2. The van der Waals surface area contributed by atoms with Gasteiger partial charge < -0.3 is 28.8 Å². The number of phosphoric ester groups is 1. The van der Waals surface area contributed by atoms with Gasteiger partial charge in [-0.1, -0.05) is 264 Å². The van der Waals surface area contributed by atoms with E-state index in [1.165, 1.54) is 135 Å². The predicted octanol–water partition coefficient (Wildman–Crippen LogP) is 18.5. The summed E-state index contributed by atoms with van der Waals surface area (Å²) in [6, 6.07) is -0.915. The van der Waals surface area contributed by atoms with Crippen LogP contribution in [0.1, 0.15) is 251 Å². The number of quaternary nitrogens is 1. The average Bonchev–Trinajstić information content (AvgIpc) is 3.37. The van der Waals surface area contributed by atoms with Gasteiger partial charge in [0, 0.05) is 6.42 Å². The minimum absolute atomic E-state index is 0.0127. The summed E-state index contributed by atoms with van der Waals surface area (Å²) in [7, 11) is 1.23. The number of phosphoric acid groups is 1. The van der Waals surface area contributed by atoms with Gasteiger partial charge in [0.25, 0.3) is 7.82 Å². The van der Waals surface area contributed by atoms with E-state index in [2.05, 4.69) is 116 Å². The zero-order chi connectivity index (χ0) is 54.9. The Morgan fingerprint density at radius 2 is 0.827 bits per heavy atom. The smallest absolute Gasteiger partial charge is 0.268 e. The first kappa shape index (κ1) is 72.2. The molecule has 0 saturated heterocycles. The Morgan fingerprint density at radius 1 is 0.480 bits per heavy atom. The first-order valence-electron chi connectivity index (χ1n) is 30.7. The van der Waals surface area contributed by atoms with Crippen molar-refractivity contribution in [3.05, 3.63) is 109 Å². The van der Waals surface area contributed by atoms with Crippen LogP contribution >= 0.6 is 7.82 Å². The van der Waals surface area contributed by atoms with Crippen molar-refractivity contribution in [2.45, 2.75) is 264 Å². The number of likely N-dealkylation sites (N-methyl/N-ethyl adjacent to an activating group) is 1. The zero-order valence-electron chi connectivity index (χ0n) is 49.2. The van der Waals surface area contributed by atoms with Crippen LogP contribution in [0.2, 0.25) is 0 Å². The normalized spacial score (nSPS) is 14.6. The largest absolute Gasteiger partial charge is 0.756 e. The summed E-state index contributed by atoms with van der Waals surface area (Å²) >= 11 is 0. The van der Waals surface area contributed by atoms with Gasteiger partial charge in [0.2, 0.25) is 5.91 Å². The molecule has 8 nitrogen and oxygen atoms in total. The second-order valence-electron chi connectivity index (χ2n) is 21.7. The number of amides is 1. The highest BCUT2D eigenvalue weighted by molar-refractivity contribution is 7.45. The van der Waals surface area contributed by atoms with Crippen LogP contribution in [0.5, 0.6) is 0 Å². The fourth-order valence-electron chi connectivity index (χ4n) is 8.44. The molecule has 0 aromatic heterocycles. The lowest BCUT2D eigenvalue weighted by atomic mass is 10.0. The molecule has 0 saturated carbocycles. The zero-order valence-corrected chi connectivity index (χ0v) is 50.1. The minimum Gasteiger partial charge on any atom is -0.756 e.